The predicted molar refractivity (Wildman–Crippen MR) is 193 cm³/mol. The number of aryl methyl sites for hydroxylation is 1. The minimum atomic E-state index is -5.07. The molecule has 0 saturated carbocycles. The Bertz CT molecular complexity index is 2380. The van der Waals surface area contributed by atoms with Gasteiger partial charge in [-0.15, -0.1) is 5.75 Å². The number of hydrogen-bond acceptors (Lipinski definition) is 12. The molecule has 0 unspecified atom stereocenters. The lowest BCUT2D eigenvalue weighted by molar-refractivity contribution is -0.270. The molecule has 12 nitrogen and oxygen atoms in total. The van der Waals surface area contributed by atoms with Crippen LogP contribution >= 0.6 is 11.9 Å². The summed E-state index contributed by atoms with van der Waals surface area (Å²) in [5.74, 6) is -1.87. The first kappa shape index (κ1) is 37.7. The molecule has 0 aliphatic heterocycles. The summed E-state index contributed by atoms with van der Waals surface area (Å²) >= 11 is 1.17. The number of aromatic hydroxyl groups is 3. The summed E-state index contributed by atoms with van der Waals surface area (Å²) in [6.45, 7) is 1.69. The van der Waals surface area contributed by atoms with Crippen molar-refractivity contribution in [3.63, 3.8) is 0 Å². The van der Waals surface area contributed by atoms with Crippen molar-refractivity contribution in [3.8, 4) is 34.1 Å². The number of amides is 1. The number of carbonyl (C=O) groups excluding carboxylic acids is 1. The topological polar surface area (TPSA) is 227 Å². The van der Waals surface area contributed by atoms with Gasteiger partial charge < -0.3 is 34.3 Å². The van der Waals surface area contributed by atoms with E-state index in [1.165, 1.54) is 11.9 Å². The van der Waals surface area contributed by atoms with Gasteiger partial charge in [-0.05, 0) is 105 Å². The Labute approximate surface area is 310 Å². The number of phenolic OH excluding ortho intramolecular Hbond substituents is 3. The quantitative estimate of drug-likeness (QED) is 0.137. The summed E-state index contributed by atoms with van der Waals surface area (Å²) < 4.78 is 76.6. The van der Waals surface area contributed by atoms with Crippen molar-refractivity contribution in [2.75, 3.05) is 6.26 Å². The number of hydrogen-bond donors (Lipinski definition) is 4. The Morgan fingerprint density at radius 3 is 1.43 bits per heavy atom. The van der Waals surface area contributed by atoms with Crippen LogP contribution in [0.2, 0.25) is 0 Å². The van der Waals surface area contributed by atoms with E-state index >= 15 is 0 Å². The van der Waals surface area contributed by atoms with E-state index in [0.29, 0.717) is 22.3 Å². The van der Waals surface area contributed by atoms with Gasteiger partial charge in [-0.25, -0.2) is 16.8 Å². The van der Waals surface area contributed by atoms with E-state index in [1.807, 2.05) is 0 Å². The predicted octanol–water partition coefficient (Wildman–Crippen LogP) is 4.27. The van der Waals surface area contributed by atoms with Crippen LogP contribution in [0.4, 0.5) is 0 Å². The highest BCUT2D eigenvalue weighted by molar-refractivity contribution is 7.97. The van der Waals surface area contributed by atoms with Crippen LogP contribution in [0.25, 0.3) is 11.1 Å². The number of carbonyl (C=O) groups is 1. The molecule has 1 amide bonds. The molecule has 0 atom stereocenters. The Morgan fingerprint density at radius 2 is 1.02 bits per heavy atom. The van der Waals surface area contributed by atoms with Gasteiger partial charge in [0.25, 0.3) is 0 Å². The maximum atomic E-state index is 14.0. The van der Waals surface area contributed by atoms with E-state index in [2.05, 4.69) is 4.72 Å². The van der Waals surface area contributed by atoms with Gasteiger partial charge >= 0.3 is 0 Å². The average Bonchev–Trinajstić information content (AvgIpc) is 3.07. The lowest BCUT2D eigenvalue weighted by Gasteiger charge is -2.24. The van der Waals surface area contributed by atoms with Crippen molar-refractivity contribution in [1.29, 1.82) is 0 Å². The molecular formula is C38H32NO11S3-3. The smallest absolute Gasteiger partial charge is 0.234 e. The van der Waals surface area contributed by atoms with Gasteiger partial charge in [-0.2, -0.15) is 0 Å². The monoisotopic (exact) mass is 774 g/mol. The van der Waals surface area contributed by atoms with Crippen LogP contribution in [0.3, 0.4) is 0 Å². The van der Waals surface area contributed by atoms with E-state index in [-0.39, 0.29) is 99.8 Å². The molecule has 5 aromatic carbocycles. The molecule has 6 rings (SSSR count). The van der Waals surface area contributed by atoms with Crippen LogP contribution in [0.15, 0.2) is 82.6 Å². The fourth-order valence-corrected chi connectivity index (χ4v) is 8.09. The lowest BCUT2D eigenvalue weighted by atomic mass is 9.89. The molecule has 4 N–H and O–H groups in total. The third kappa shape index (κ3) is 8.14. The molecule has 0 aromatic heterocycles. The molecule has 0 heterocycles. The second-order valence-electron chi connectivity index (χ2n) is 13.0. The van der Waals surface area contributed by atoms with Crippen LogP contribution in [-0.2, 0) is 57.1 Å². The van der Waals surface area contributed by atoms with E-state index < -0.39 is 35.8 Å². The van der Waals surface area contributed by atoms with Gasteiger partial charge in [-0.3, -0.25) is 4.79 Å². The molecule has 0 spiro atoms. The first-order chi connectivity index (χ1) is 24.9. The third-order valence-electron chi connectivity index (χ3n) is 9.11. The van der Waals surface area contributed by atoms with Crippen LogP contribution in [0, 0.1) is 6.92 Å². The fourth-order valence-electron chi connectivity index (χ4n) is 6.64. The number of phenols is 3. The normalized spacial score (nSPS) is 13.1. The maximum absolute atomic E-state index is 14.0. The van der Waals surface area contributed by atoms with Gasteiger partial charge in [0.1, 0.15) is 37.5 Å². The second kappa shape index (κ2) is 14.4. The molecule has 1 aliphatic carbocycles. The minimum absolute atomic E-state index is 0.0147. The molecule has 8 bridgehead atoms. The van der Waals surface area contributed by atoms with Gasteiger partial charge in [0.15, 0.2) is 0 Å². The highest BCUT2D eigenvalue weighted by Crippen LogP contribution is 2.40. The summed E-state index contributed by atoms with van der Waals surface area (Å²) in [4.78, 5) is 10.8. The maximum Gasteiger partial charge on any atom is 0.234 e. The van der Waals surface area contributed by atoms with Crippen molar-refractivity contribution >= 4 is 38.1 Å². The summed E-state index contributed by atoms with van der Waals surface area (Å²) in [5.41, 5.74) is 2.80. The molecule has 15 heteroatoms. The highest BCUT2D eigenvalue weighted by Gasteiger charge is 2.22. The first-order valence-electron chi connectivity index (χ1n) is 16.1. The zero-order valence-electron chi connectivity index (χ0n) is 28.3. The number of nitrogens with one attached hydrogen (secondary N) is 1. The third-order valence-corrected chi connectivity index (χ3v) is 11.2. The Kier molecular flexibility index (Phi) is 10.2. The van der Waals surface area contributed by atoms with Gasteiger partial charge in [-0.1, -0.05) is 53.9 Å². The average molecular weight is 775 g/mol. The van der Waals surface area contributed by atoms with Crippen molar-refractivity contribution in [2.24, 2.45) is 0 Å². The van der Waals surface area contributed by atoms with Crippen molar-refractivity contribution in [3.05, 3.63) is 128 Å². The zero-order chi connectivity index (χ0) is 38.4. The van der Waals surface area contributed by atoms with E-state index in [0.717, 1.165) is 24.3 Å². The molecule has 1 aliphatic rings. The molecule has 53 heavy (non-hydrogen) atoms. The Morgan fingerprint density at radius 1 is 0.642 bits per heavy atom. The van der Waals surface area contributed by atoms with Gasteiger partial charge in [0.05, 0.1) is 16.2 Å². The van der Waals surface area contributed by atoms with Crippen LogP contribution in [-0.4, -0.2) is 53.4 Å². The van der Waals surface area contributed by atoms with E-state index in [1.54, 1.807) is 61.7 Å². The number of rotatable bonds is 6. The number of fused-ring (bicyclic) bond motifs is 8. The molecule has 0 saturated heterocycles. The van der Waals surface area contributed by atoms with Crippen LogP contribution < -0.4 is 9.83 Å². The molecule has 276 valence electrons. The second-order valence-corrected chi connectivity index (χ2v) is 16.3. The van der Waals surface area contributed by atoms with Crippen molar-refractivity contribution in [2.45, 2.75) is 48.8 Å². The van der Waals surface area contributed by atoms with Crippen LogP contribution in [0.5, 0.6) is 23.0 Å². The van der Waals surface area contributed by atoms with E-state index in [4.69, 9.17) is 0 Å². The fraction of sp³-hybridized carbons (Fsp3) is 0.184. The standard InChI is InChI=1S/C38H35NO11S3/c1-20-7-24-12-28-16-32(52(45,46)47)18-30(37(28)43)14-26-10-23(22-5-3-21(4-6-22)9-34(40)39-51-2)11-27(36(26)42)15-31-19-33(53(48,49)50)17-29(38(31)44)13-25(8-20)35(24)41/h3-8,10-11,16-19,41-44H,9,12-15H2,1-2H3,(H,39,40)(H,45,46,47)(H,48,49,50)/p-3. The summed E-state index contributed by atoms with van der Waals surface area (Å²) in [6, 6.07) is 17.2. The van der Waals surface area contributed by atoms with Crippen LogP contribution in [0.1, 0.15) is 55.6 Å². The summed E-state index contributed by atoms with van der Waals surface area (Å²) in [5, 5.41) is 48.5. The Hall–Kier alpha value is -5.06. The summed E-state index contributed by atoms with van der Waals surface area (Å²) in [6.07, 6.45) is 0.611. The summed E-state index contributed by atoms with van der Waals surface area (Å²) in [7, 11) is -10.1. The highest BCUT2D eigenvalue weighted by atomic mass is 32.2. The molecule has 5 aromatic rings. The Balaban J connectivity index is 1.61. The molecular weight excluding hydrogens is 743 g/mol. The van der Waals surface area contributed by atoms with Crippen molar-refractivity contribution in [1.82, 2.24) is 4.72 Å². The van der Waals surface area contributed by atoms with Gasteiger partial charge in [0.2, 0.25) is 5.91 Å². The SMILES string of the molecule is CSNC(=O)Cc1ccc(-c2cc3c(O)c(c2)Cc2cc(S(=O)(=O)[O-])cc(c2O)Cc2cc(C)cc(c2O)Cc2cc(S(=O)(=O)[O-])cc(c2[O-])C3)cc1. The largest absolute Gasteiger partial charge is 0.872 e. The van der Waals surface area contributed by atoms with E-state index in [9.17, 15) is 51.2 Å². The van der Waals surface area contributed by atoms with Gasteiger partial charge in [0, 0.05) is 31.9 Å². The lowest BCUT2D eigenvalue weighted by Crippen LogP contribution is -2.17. The minimum Gasteiger partial charge on any atom is -0.872 e. The number of benzene rings is 5. The first-order valence-corrected chi connectivity index (χ1v) is 20.1. The zero-order valence-corrected chi connectivity index (χ0v) is 30.7. The molecule has 0 fully saturated rings. The van der Waals surface area contributed by atoms with Crippen molar-refractivity contribution < 1.29 is 51.2 Å². The molecule has 0 radical (unpaired) electrons.